The molecule has 1 N–H and O–H groups in total. The Morgan fingerprint density at radius 3 is 2.75 bits per heavy atom. The topological polar surface area (TPSA) is 29.1 Å². The number of benzene rings is 2. The van der Waals surface area contributed by atoms with Crippen molar-refractivity contribution in [3.8, 4) is 0 Å². The second-order valence-electron chi connectivity index (χ2n) is 7.05. The summed E-state index contributed by atoms with van der Waals surface area (Å²) >= 11 is 0. The second-order valence-corrected chi connectivity index (χ2v) is 7.05. The standard InChI is InChI=1S/C21H24FNO/c1-13-7-8-16(14(2)9-13)10-15(3)23-21(24)20-12-19(20)17-5-4-6-18(22)11-17/h4-9,11,15,19-20H,10,12H2,1-3H3,(H,23,24). The van der Waals surface area contributed by atoms with Gasteiger partial charge in [0.25, 0.3) is 0 Å². The van der Waals surface area contributed by atoms with Crippen LogP contribution in [-0.4, -0.2) is 11.9 Å². The van der Waals surface area contributed by atoms with Crippen LogP contribution in [0, 0.1) is 25.6 Å². The van der Waals surface area contributed by atoms with Crippen molar-refractivity contribution in [1.82, 2.24) is 5.32 Å². The number of halogens is 1. The molecule has 0 aliphatic heterocycles. The third-order valence-electron chi connectivity index (χ3n) is 4.82. The summed E-state index contributed by atoms with van der Waals surface area (Å²) in [6.45, 7) is 6.23. The molecule has 1 aliphatic carbocycles. The molecule has 0 heterocycles. The van der Waals surface area contributed by atoms with Gasteiger partial charge in [-0.1, -0.05) is 35.9 Å². The molecule has 0 saturated heterocycles. The molecule has 3 unspecified atom stereocenters. The molecule has 0 aromatic heterocycles. The average molecular weight is 325 g/mol. The van der Waals surface area contributed by atoms with E-state index in [1.165, 1.54) is 28.8 Å². The first-order chi connectivity index (χ1) is 11.4. The Bertz CT molecular complexity index is 755. The average Bonchev–Trinajstić information content (AvgIpc) is 3.31. The lowest BCUT2D eigenvalue weighted by molar-refractivity contribution is -0.123. The van der Waals surface area contributed by atoms with E-state index in [1.807, 2.05) is 13.0 Å². The quantitative estimate of drug-likeness (QED) is 0.873. The highest BCUT2D eigenvalue weighted by Gasteiger charge is 2.44. The normalized spacial score (nSPS) is 20.5. The van der Waals surface area contributed by atoms with E-state index in [2.05, 4.69) is 37.4 Å². The maximum atomic E-state index is 13.3. The Hall–Kier alpha value is -2.16. The van der Waals surface area contributed by atoms with Crippen molar-refractivity contribution in [2.24, 2.45) is 5.92 Å². The maximum absolute atomic E-state index is 13.3. The van der Waals surface area contributed by atoms with Gasteiger partial charge in [-0.15, -0.1) is 0 Å². The van der Waals surface area contributed by atoms with Crippen LogP contribution in [-0.2, 0) is 11.2 Å². The molecule has 24 heavy (non-hydrogen) atoms. The summed E-state index contributed by atoms with van der Waals surface area (Å²) in [7, 11) is 0. The molecule has 0 radical (unpaired) electrons. The third-order valence-corrected chi connectivity index (χ3v) is 4.82. The molecular formula is C21H24FNO. The lowest BCUT2D eigenvalue weighted by atomic mass is 10.00. The number of carbonyl (C=O) groups excluding carboxylic acids is 1. The molecule has 0 bridgehead atoms. The molecule has 2 aromatic rings. The highest BCUT2D eigenvalue weighted by atomic mass is 19.1. The second kappa shape index (κ2) is 6.76. The lowest BCUT2D eigenvalue weighted by Gasteiger charge is -2.16. The van der Waals surface area contributed by atoms with Crippen molar-refractivity contribution in [2.45, 2.75) is 45.6 Å². The molecule has 0 spiro atoms. The van der Waals surface area contributed by atoms with Crippen LogP contribution in [0.4, 0.5) is 4.39 Å². The first-order valence-corrected chi connectivity index (χ1v) is 8.56. The molecule has 2 aromatic carbocycles. The Kier molecular flexibility index (Phi) is 4.70. The molecule has 3 rings (SSSR count). The van der Waals surface area contributed by atoms with Crippen LogP contribution in [0.15, 0.2) is 42.5 Å². The van der Waals surface area contributed by atoms with Crippen molar-refractivity contribution in [3.63, 3.8) is 0 Å². The third kappa shape index (κ3) is 3.84. The Labute approximate surface area is 143 Å². The minimum atomic E-state index is -0.234. The predicted octanol–water partition coefficient (Wildman–Crippen LogP) is 4.29. The first kappa shape index (κ1) is 16.7. The van der Waals surface area contributed by atoms with Crippen LogP contribution in [0.25, 0.3) is 0 Å². The van der Waals surface area contributed by atoms with E-state index < -0.39 is 0 Å². The summed E-state index contributed by atoms with van der Waals surface area (Å²) in [4.78, 5) is 12.4. The molecule has 1 saturated carbocycles. The summed E-state index contributed by atoms with van der Waals surface area (Å²) in [5, 5.41) is 3.11. The summed E-state index contributed by atoms with van der Waals surface area (Å²) in [5.74, 6) is -0.00864. The van der Waals surface area contributed by atoms with E-state index in [9.17, 15) is 9.18 Å². The molecule has 1 amide bonds. The summed E-state index contributed by atoms with van der Waals surface area (Å²) in [5.41, 5.74) is 4.71. The van der Waals surface area contributed by atoms with Gasteiger partial charge in [0.1, 0.15) is 5.82 Å². The van der Waals surface area contributed by atoms with Gasteiger partial charge < -0.3 is 5.32 Å². The molecule has 126 valence electrons. The molecule has 3 atom stereocenters. The number of nitrogens with one attached hydrogen (secondary N) is 1. The fraction of sp³-hybridized carbons (Fsp3) is 0.381. The van der Waals surface area contributed by atoms with Crippen LogP contribution >= 0.6 is 0 Å². The van der Waals surface area contributed by atoms with Gasteiger partial charge in [0, 0.05) is 12.0 Å². The minimum Gasteiger partial charge on any atom is -0.353 e. The zero-order chi connectivity index (χ0) is 17.3. The summed E-state index contributed by atoms with van der Waals surface area (Å²) in [6, 6.07) is 13.1. The molecular weight excluding hydrogens is 301 g/mol. The van der Waals surface area contributed by atoms with Crippen molar-refractivity contribution < 1.29 is 9.18 Å². The van der Waals surface area contributed by atoms with Crippen LogP contribution in [0.2, 0.25) is 0 Å². The number of hydrogen-bond acceptors (Lipinski definition) is 1. The first-order valence-electron chi connectivity index (χ1n) is 8.56. The zero-order valence-electron chi connectivity index (χ0n) is 14.5. The molecule has 2 nitrogen and oxygen atoms in total. The van der Waals surface area contributed by atoms with Crippen molar-refractivity contribution in [3.05, 3.63) is 70.5 Å². The van der Waals surface area contributed by atoms with Gasteiger partial charge in [0.05, 0.1) is 0 Å². The van der Waals surface area contributed by atoms with Gasteiger partial charge in [-0.25, -0.2) is 4.39 Å². The van der Waals surface area contributed by atoms with Crippen molar-refractivity contribution in [2.75, 3.05) is 0 Å². The van der Waals surface area contributed by atoms with Gasteiger partial charge >= 0.3 is 0 Å². The fourth-order valence-corrected chi connectivity index (χ4v) is 3.40. The van der Waals surface area contributed by atoms with Gasteiger partial charge in [-0.3, -0.25) is 4.79 Å². The predicted molar refractivity (Wildman–Crippen MR) is 94.5 cm³/mol. The van der Waals surface area contributed by atoms with E-state index in [-0.39, 0.29) is 29.6 Å². The number of carbonyl (C=O) groups is 1. The van der Waals surface area contributed by atoms with Gasteiger partial charge in [-0.05, 0) is 68.4 Å². The molecule has 1 aliphatic rings. The summed E-state index contributed by atoms with van der Waals surface area (Å²) in [6.07, 6.45) is 1.64. The minimum absolute atomic E-state index is 0.0200. The van der Waals surface area contributed by atoms with Crippen molar-refractivity contribution >= 4 is 5.91 Å². The van der Waals surface area contributed by atoms with Crippen molar-refractivity contribution in [1.29, 1.82) is 0 Å². The smallest absolute Gasteiger partial charge is 0.223 e. The molecule has 3 heteroatoms. The van der Waals surface area contributed by atoms with Crippen LogP contribution < -0.4 is 5.32 Å². The highest BCUT2D eigenvalue weighted by Crippen LogP contribution is 2.47. The van der Waals surface area contributed by atoms with Crippen LogP contribution in [0.3, 0.4) is 0 Å². The number of amides is 1. The van der Waals surface area contributed by atoms with Crippen LogP contribution in [0.5, 0.6) is 0 Å². The van der Waals surface area contributed by atoms with E-state index in [4.69, 9.17) is 0 Å². The number of rotatable bonds is 5. The highest BCUT2D eigenvalue weighted by molar-refractivity contribution is 5.83. The van der Waals surface area contributed by atoms with E-state index in [1.54, 1.807) is 6.07 Å². The summed E-state index contributed by atoms with van der Waals surface area (Å²) < 4.78 is 13.3. The number of hydrogen-bond donors (Lipinski definition) is 1. The Morgan fingerprint density at radius 1 is 1.25 bits per heavy atom. The Balaban J connectivity index is 1.55. The van der Waals surface area contributed by atoms with Gasteiger partial charge in [0.2, 0.25) is 5.91 Å². The SMILES string of the molecule is Cc1ccc(CC(C)NC(=O)C2CC2c2cccc(F)c2)c(C)c1. The van der Waals surface area contributed by atoms with Gasteiger partial charge in [-0.2, -0.15) is 0 Å². The lowest BCUT2D eigenvalue weighted by Crippen LogP contribution is -2.35. The zero-order valence-corrected chi connectivity index (χ0v) is 14.5. The maximum Gasteiger partial charge on any atom is 0.223 e. The van der Waals surface area contributed by atoms with E-state index >= 15 is 0 Å². The fourth-order valence-electron chi connectivity index (χ4n) is 3.40. The number of aryl methyl sites for hydroxylation is 2. The Morgan fingerprint density at radius 2 is 2.04 bits per heavy atom. The van der Waals surface area contributed by atoms with Gasteiger partial charge in [0.15, 0.2) is 0 Å². The monoisotopic (exact) mass is 325 g/mol. The largest absolute Gasteiger partial charge is 0.353 e. The van der Waals surface area contributed by atoms with Crippen LogP contribution in [0.1, 0.15) is 41.5 Å². The van der Waals surface area contributed by atoms with E-state index in [0.29, 0.717) is 0 Å². The molecule has 1 fully saturated rings. The van der Waals surface area contributed by atoms with E-state index in [0.717, 1.165) is 18.4 Å².